The maximum atomic E-state index is 5.50. The molecule has 25 heavy (non-hydrogen) atoms. The van der Waals surface area contributed by atoms with Crippen molar-refractivity contribution in [3.63, 3.8) is 0 Å². The summed E-state index contributed by atoms with van der Waals surface area (Å²) in [7, 11) is 1.79. The highest BCUT2D eigenvalue weighted by Crippen LogP contribution is 2.44. The van der Waals surface area contributed by atoms with Crippen molar-refractivity contribution < 1.29 is 4.74 Å². The zero-order chi connectivity index (χ0) is 17.1. The molecule has 0 saturated carbocycles. The molecule has 4 heterocycles. The monoisotopic (exact) mass is 358 g/mol. The molecule has 0 radical (unpaired) electrons. The lowest BCUT2D eigenvalue weighted by Gasteiger charge is -2.39. The number of piperidine rings is 1. The molecule has 0 aromatic carbocycles. The summed E-state index contributed by atoms with van der Waals surface area (Å²) in [4.78, 5) is 15.4. The third-order valence-corrected chi connectivity index (χ3v) is 6.52. The summed E-state index contributed by atoms with van der Waals surface area (Å²) in [6.07, 6.45) is 7.36. The second-order valence-electron chi connectivity index (χ2n) is 7.35. The Morgan fingerprint density at radius 3 is 2.72 bits per heavy atom. The van der Waals surface area contributed by atoms with Crippen molar-refractivity contribution in [2.45, 2.75) is 31.8 Å². The number of hydrogen-bond donors (Lipinski definition) is 0. The number of nitrogens with zero attached hydrogens (tertiary/aromatic N) is 4. The van der Waals surface area contributed by atoms with Gasteiger partial charge in [0.15, 0.2) is 0 Å². The summed E-state index contributed by atoms with van der Waals surface area (Å²) in [5.41, 5.74) is 0.383. The van der Waals surface area contributed by atoms with Crippen molar-refractivity contribution in [3.8, 4) is 0 Å². The van der Waals surface area contributed by atoms with E-state index in [1.807, 2.05) is 29.8 Å². The molecule has 0 unspecified atom stereocenters. The predicted molar refractivity (Wildman–Crippen MR) is 101 cm³/mol. The number of ether oxygens (including phenoxy) is 1. The van der Waals surface area contributed by atoms with Crippen LogP contribution in [0.3, 0.4) is 0 Å². The summed E-state index contributed by atoms with van der Waals surface area (Å²) in [5.74, 6) is 0.849. The Bertz CT molecular complexity index is 655. The molecule has 1 spiro atoms. The van der Waals surface area contributed by atoms with Gasteiger partial charge in [-0.3, -0.25) is 4.90 Å². The number of hydrogen-bond acceptors (Lipinski definition) is 6. The lowest BCUT2D eigenvalue weighted by Crippen LogP contribution is -2.41. The maximum Gasteiger partial charge on any atom is 0.225 e. The molecule has 2 aliphatic rings. The van der Waals surface area contributed by atoms with E-state index in [2.05, 4.69) is 37.3 Å². The average molecular weight is 359 g/mol. The van der Waals surface area contributed by atoms with Crippen LogP contribution in [0.1, 0.15) is 24.1 Å². The first kappa shape index (κ1) is 16.9. The van der Waals surface area contributed by atoms with E-state index in [9.17, 15) is 0 Å². The standard InChI is InChI=1S/C19H26N4OS/c1-24-14-16-12-19(15-23(16)18-20-7-3-8-21-18)5-9-22(10-6-19)13-17-4-2-11-25-17/h2-4,7-8,11,16H,5-6,9-10,12-15H2,1H3/t16-/m1/s1. The van der Waals surface area contributed by atoms with Gasteiger partial charge in [0.2, 0.25) is 5.95 Å². The third-order valence-electron chi connectivity index (χ3n) is 5.66. The van der Waals surface area contributed by atoms with E-state index in [0.717, 1.165) is 25.6 Å². The van der Waals surface area contributed by atoms with Crippen LogP contribution in [0, 0.1) is 5.41 Å². The van der Waals surface area contributed by atoms with E-state index < -0.39 is 0 Å². The van der Waals surface area contributed by atoms with E-state index >= 15 is 0 Å². The van der Waals surface area contributed by atoms with Crippen LogP contribution in [-0.2, 0) is 11.3 Å². The van der Waals surface area contributed by atoms with Crippen molar-refractivity contribution in [2.75, 3.05) is 38.3 Å². The van der Waals surface area contributed by atoms with Crippen molar-refractivity contribution in [2.24, 2.45) is 5.41 Å². The topological polar surface area (TPSA) is 41.5 Å². The van der Waals surface area contributed by atoms with E-state index in [1.165, 1.54) is 37.2 Å². The Labute approximate surface area is 153 Å². The normalized spacial score (nSPS) is 23.4. The van der Waals surface area contributed by atoms with E-state index in [4.69, 9.17) is 4.74 Å². The van der Waals surface area contributed by atoms with Gasteiger partial charge < -0.3 is 9.64 Å². The largest absolute Gasteiger partial charge is 0.383 e. The first-order chi connectivity index (χ1) is 12.3. The Balaban J connectivity index is 1.42. The first-order valence-electron chi connectivity index (χ1n) is 9.05. The fraction of sp³-hybridized carbons (Fsp3) is 0.579. The quantitative estimate of drug-likeness (QED) is 0.822. The number of aromatic nitrogens is 2. The van der Waals surface area contributed by atoms with Crippen molar-refractivity contribution in [3.05, 3.63) is 40.8 Å². The highest BCUT2D eigenvalue weighted by Gasteiger charge is 2.46. The number of methoxy groups -OCH3 is 1. The van der Waals surface area contributed by atoms with Crippen LogP contribution < -0.4 is 4.90 Å². The van der Waals surface area contributed by atoms with Gasteiger partial charge in [-0.15, -0.1) is 11.3 Å². The first-order valence-corrected chi connectivity index (χ1v) is 9.93. The average Bonchev–Trinajstić information content (AvgIpc) is 3.27. The van der Waals surface area contributed by atoms with Gasteiger partial charge in [0.05, 0.1) is 12.6 Å². The Morgan fingerprint density at radius 1 is 1.24 bits per heavy atom. The van der Waals surface area contributed by atoms with Crippen LogP contribution in [0.2, 0.25) is 0 Å². The molecular formula is C19H26N4OS. The summed E-state index contributed by atoms with van der Waals surface area (Å²) < 4.78 is 5.50. The molecule has 2 aromatic rings. The van der Waals surface area contributed by atoms with E-state index in [0.29, 0.717) is 11.5 Å². The molecule has 134 valence electrons. The molecule has 1 atom stereocenters. The second kappa shape index (κ2) is 7.40. The number of anilines is 1. The highest BCUT2D eigenvalue weighted by atomic mass is 32.1. The van der Waals surface area contributed by atoms with E-state index in [-0.39, 0.29) is 0 Å². The molecule has 2 aromatic heterocycles. The minimum Gasteiger partial charge on any atom is -0.383 e. The van der Waals surface area contributed by atoms with Gasteiger partial charge in [-0.25, -0.2) is 9.97 Å². The Hall–Kier alpha value is -1.50. The summed E-state index contributed by atoms with van der Waals surface area (Å²) >= 11 is 1.86. The van der Waals surface area contributed by atoms with Gasteiger partial charge in [0.1, 0.15) is 0 Å². The van der Waals surface area contributed by atoms with Gasteiger partial charge in [0.25, 0.3) is 0 Å². The molecule has 0 bridgehead atoms. The van der Waals surface area contributed by atoms with Gasteiger partial charge >= 0.3 is 0 Å². The lowest BCUT2D eigenvalue weighted by molar-refractivity contribution is 0.106. The van der Waals surface area contributed by atoms with Crippen molar-refractivity contribution >= 4 is 17.3 Å². The number of thiophene rings is 1. The predicted octanol–water partition coefficient (Wildman–Crippen LogP) is 3.05. The minimum absolute atomic E-state index is 0.383. The Morgan fingerprint density at radius 2 is 2.04 bits per heavy atom. The van der Waals surface area contributed by atoms with Crippen LogP contribution in [0.4, 0.5) is 5.95 Å². The smallest absolute Gasteiger partial charge is 0.225 e. The summed E-state index contributed by atoms with van der Waals surface area (Å²) in [6, 6.07) is 6.66. The zero-order valence-electron chi connectivity index (χ0n) is 14.8. The molecule has 5 nitrogen and oxygen atoms in total. The molecule has 4 rings (SSSR count). The second-order valence-corrected chi connectivity index (χ2v) is 8.38. The molecular weight excluding hydrogens is 332 g/mol. The molecule has 0 aliphatic carbocycles. The van der Waals surface area contributed by atoms with Gasteiger partial charge in [-0.1, -0.05) is 6.07 Å². The molecule has 2 fully saturated rings. The minimum atomic E-state index is 0.383. The zero-order valence-corrected chi connectivity index (χ0v) is 15.6. The van der Waals surface area contributed by atoms with Crippen LogP contribution >= 0.6 is 11.3 Å². The maximum absolute atomic E-state index is 5.50. The molecule has 6 heteroatoms. The van der Waals surface area contributed by atoms with Crippen LogP contribution in [0.15, 0.2) is 36.0 Å². The lowest BCUT2D eigenvalue weighted by atomic mass is 9.76. The van der Waals surface area contributed by atoms with Crippen LogP contribution in [0.25, 0.3) is 0 Å². The molecule has 0 amide bonds. The fourth-order valence-electron chi connectivity index (χ4n) is 4.35. The van der Waals surface area contributed by atoms with Crippen LogP contribution in [-0.4, -0.2) is 54.3 Å². The summed E-state index contributed by atoms with van der Waals surface area (Å²) in [6.45, 7) is 5.26. The number of rotatable bonds is 5. The fourth-order valence-corrected chi connectivity index (χ4v) is 5.10. The highest BCUT2D eigenvalue weighted by molar-refractivity contribution is 7.09. The van der Waals surface area contributed by atoms with Gasteiger partial charge in [-0.2, -0.15) is 0 Å². The Kier molecular flexibility index (Phi) is 5.01. The van der Waals surface area contributed by atoms with Gasteiger partial charge in [0, 0.05) is 37.5 Å². The SMILES string of the molecule is COC[C@H]1CC2(CCN(Cc3cccs3)CC2)CN1c1ncccn1. The van der Waals surface area contributed by atoms with Crippen LogP contribution in [0.5, 0.6) is 0 Å². The number of likely N-dealkylation sites (tertiary alicyclic amines) is 1. The van der Waals surface area contributed by atoms with Gasteiger partial charge in [-0.05, 0) is 55.3 Å². The summed E-state index contributed by atoms with van der Waals surface area (Å²) in [5, 5.41) is 2.17. The molecule has 2 aliphatic heterocycles. The van der Waals surface area contributed by atoms with Crippen molar-refractivity contribution in [1.29, 1.82) is 0 Å². The third kappa shape index (κ3) is 3.71. The molecule has 0 N–H and O–H groups in total. The molecule has 2 saturated heterocycles. The van der Waals surface area contributed by atoms with Crippen molar-refractivity contribution in [1.82, 2.24) is 14.9 Å². The van der Waals surface area contributed by atoms with E-state index in [1.54, 1.807) is 7.11 Å².